The van der Waals surface area contributed by atoms with E-state index in [0.717, 1.165) is 27.8 Å². The fraction of sp³-hybridized carbons (Fsp3) is 0.258. The van der Waals surface area contributed by atoms with Crippen molar-refractivity contribution in [2.24, 2.45) is 0 Å². The Kier molecular flexibility index (Phi) is 9.38. The number of thioether (sulfide) groups is 1. The van der Waals surface area contributed by atoms with Gasteiger partial charge in [0.15, 0.2) is 11.5 Å². The van der Waals surface area contributed by atoms with Crippen molar-refractivity contribution in [1.82, 2.24) is 14.8 Å². The summed E-state index contributed by atoms with van der Waals surface area (Å²) in [5, 5.41) is 11.8. The van der Waals surface area contributed by atoms with E-state index in [1.165, 1.54) is 0 Å². The number of nitrogens with one attached hydrogen (secondary N) is 2. The number of nitrogens with zero attached hydrogens (tertiary/aromatic N) is 3. The zero-order valence-electron chi connectivity index (χ0n) is 23.8. The molecule has 0 fully saturated rings. The Morgan fingerprint density at radius 2 is 1.81 bits per heavy atom. The van der Waals surface area contributed by atoms with E-state index < -0.39 is 6.04 Å². The molecular weight excluding hydrogens is 618 g/mol. The van der Waals surface area contributed by atoms with E-state index in [-0.39, 0.29) is 5.91 Å². The molecule has 0 saturated carbocycles. The van der Waals surface area contributed by atoms with Gasteiger partial charge in [0.1, 0.15) is 18.4 Å². The lowest BCUT2D eigenvalue weighted by molar-refractivity contribution is -0.113. The van der Waals surface area contributed by atoms with Gasteiger partial charge >= 0.3 is 0 Å². The van der Waals surface area contributed by atoms with E-state index in [1.807, 2.05) is 61.5 Å². The van der Waals surface area contributed by atoms with E-state index in [9.17, 15) is 4.79 Å². The van der Waals surface area contributed by atoms with Crippen LogP contribution in [0.5, 0.6) is 17.2 Å². The summed E-state index contributed by atoms with van der Waals surface area (Å²) < 4.78 is 20.1. The van der Waals surface area contributed by atoms with Crippen LogP contribution in [-0.4, -0.2) is 40.6 Å². The Labute approximate surface area is 257 Å². The van der Waals surface area contributed by atoms with Crippen molar-refractivity contribution in [2.75, 3.05) is 30.6 Å². The number of rotatable bonds is 11. The second-order valence-electron chi connectivity index (χ2n) is 9.56. The maximum Gasteiger partial charge on any atom is 0.255 e. The molecule has 3 aromatic carbocycles. The van der Waals surface area contributed by atoms with Crippen molar-refractivity contribution < 1.29 is 19.0 Å². The van der Waals surface area contributed by atoms with Crippen LogP contribution in [-0.2, 0) is 11.4 Å². The number of hydrogen-bond donors (Lipinski definition) is 2. The second kappa shape index (κ2) is 13.3. The number of carbonyl (C=O) groups is 1. The molecule has 2 N–H and O–H groups in total. The Bertz CT molecular complexity index is 1610. The lowest BCUT2D eigenvalue weighted by Gasteiger charge is -2.29. The molecule has 42 heavy (non-hydrogen) atoms. The van der Waals surface area contributed by atoms with E-state index in [4.69, 9.17) is 24.3 Å². The van der Waals surface area contributed by atoms with Crippen LogP contribution in [0.25, 0.3) is 0 Å². The van der Waals surface area contributed by atoms with Gasteiger partial charge < -0.3 is 24.8 Å². The maximum absolute atomic E-state index is 13.9. The van der Waals surface area contributed by atoms with Gasteiger partial charge in [0.25, 0.3) is 5.91 Å². The average molecular weight is 651 g/mol. The molecule has 1 unspecified atom stereocenters. The van der Waals surface area contributed by atoms with Crippen molar-refractivity contribution >= 4 is 45.2 Å². The molecule has 0 bridgehead atoms. The number of amides is 1. The van der Waals surface area contributed by atoms with Gasteiger partial charge in [-0.3, -0.25) is 4.79 Å². The number of methoxy groups -OCH3 is 2. The van der Waals surface area contributed by atoms with Gasteiger partial charge in [-0.1, -0.05) is 64.9 Å². The molecular formula is C31H32BrN5O4S. The molecule has 1 aliphatic heterocycles. The van der Waals surface area contributed by atoms with Gasteiger partial charge in [0.2, 0.25) is 11.1 Å². The molecule has 0 spiro atoms. The molecule has 11 heteroatoms. The number of anilines is 2. The SMILES string of the molecule is CCCSc1nc2n(n1)C(c1ccc(OCc3ccc(Br)cc3)c(OC)c1)C(C(=O)Nc1ccccc1OC)=C(C)N2. The molecule has 1 aliphatic rings. The first-order valence-corrected chi connectivity index (χ1v) is 15.3. The molecule has 5 rings (SSSR count). The fourth-order valence-electron chi connectivity index (χ4n) is 4.64. The van der Waals surface area contributed by atoms with Gasteiger partial charge in [-0.05, 0) is 60.9 Å². The van der Waals surface area contributed by atoms with Crippen molar-refractivity contribution in [3.63, 3.8) is 0 Å². The third kappa shape index (κ3) is 6.42. The summed E-state index contributed by atoms with van der Waals surface area (Å²) in [6, 6.07) is 20.4. The lowest BCUT2D eigenvalue weighted by atomic mass is 9.94. The number of fused-ring (bicyclic) bond motifs is 1. The standard InChI is InChI=1S/C31H32BrN5O4S/c1-5-16-42-31-35-30-33-19(2)27(29(38)34-23-8-6-7-9-24(23)39-3)28(37(30)36-31)21-12-15-25(26(17-21)40-4)41-18-20-10-13-22(32)14-11-20/h6-15,17,28H,5,16,18H2,1-4H3,(H,34,38)(H,33,35,36). The van der Waals surface area contributed by atoms with Gasteiger partial charge in [0, 0.05) is 15.9 Å². The number of carbonyl (C=O) groups excluding carboxylic acids is 1. The smallest absolute Gasteiger partial charge is 0.255 e. The van der Waals surface area contributed by atoms with Crippen LogP contribution in [0.3, 0.4) is 0 Å². The highest BCUT2D eigenvalue weighted by Gasteiger charge is 2.35. The molecule has 1 atom stereocenters. The maximum atomic E-state index is 13.9. The first kappa shape index (κ1) is 29.5. The zero-order valence-corrected chi connectivity index (χ0v) is 26.2. The quantitative estimate of drug-likeness (QED) is 0.167. The van der Waals surface area contributed by atoms with Crippen LogP contribution in [0, 0.1) is 0 Å². The van der Waals surface area contributed by atoms with Gasteiger partial charge in [-0.25, -0.2) is 4.68 Å². The van der Waals surface area contributed by atoms with E-state index in [1.54, 1.807) is 42.8 Å². The second-order valence-corrected chi connectivity index (χ2v) is 11.5. The monoisotopic (exact) mass is 649 g/mol. The summed E-state index contributed by atoms with van der Waals surface area (Å²) in [6.45, 7) is 4.37. The van der Waals surface area contributed by atoms with Gasteiger partial charge in [-0.15, -0.1) is 5.10 Å². The van der Waals surface area contributed by atoms with E-state index in [2.05, 4.69) is 33.5 Å². The van der Waals surface area contributed by atoms with Gasteiger partial charge in [-0.2, -0.15) is 4.98 Å². The van der Waals surface area contributed by atoms with Crippen LogP contribution in [0.2, 0.25) is 0 Å². The Morgan fingerprint density at radius 1 is 1.05 bits per heavy atom. The van der Waals surface area contributed by atoms with Crippen molar-refractivity contribution in [2.45, 2.75) is 38.1 Å². The number of hydrogen-bond acceptors (Lipinski definition) is 8. The topological polar surface area (TPSA) is 99.5 Å². The van der Waals surface area contributed by atoms with Crippen LogP contribution in [0.15, 0.2) is 87.6 Å². The highest BCUT2D eigenvalue weighted by Crippen LogP contribution is 2.40. The Morgan fingerprint density at radius 3 is 2.55 bits per heavy atom. The predicted molar refractivity (Wildman–Crippen MR) is 169 cm³/mol. The summed E-state index contributed by atoms with van der Waals surface area (Å²) in [5.74, 6) is 2.88. The summed E-state index contributed by atoms with van der Waals surface area (Å²) in [7, 11) is 3.18. The first-order valence-electron chi connectivity index (χ1n) is 13.5. The van der Waals surface area contributed by atoms with E-state index in [0.29, 0.717) is 51.9 Å². The Hall–Kier alpha value is -3.96. The van der Waals surface area contributed by atoms with Crippen LogP contribution in [0.4, 0.5) is 11.6 Å². The zero-order chi connectivity index (χ0) is 29.6. The molecule has 2 heterocycles. The van der Waals surface area contributed by atoms with Crippen LogP contribution < -0.4 is 24.8 Å². The highest BCUT2D eigenvalue weighted by atomic mass is 79.9. The molecule has 0 radical (unpaired) electrons. The third-order valence-electron chi connectivity index (χ3n) is 6.68. The normalized spacial score (nSPS) is 14.2. The molecule has 0 aliphatic carbocycles. The lowest BCUT2D eigenvalue weighted by Crippen LogP contribution is -2.31. The summed E-state index contributed by atoms with van der Waals surface area (Å²) in [4.78, 5) is 18.6. The number of ether oxygens (including phenoxy) is 3. The third-order valence-corrected chi connectivity index (χ3v) is 8.25. The van der Waals surface area contributed by atoms with E-state index >= 15 is 0 Å². The molecule has 218 valence electrons. The molecule has 1 amide bonds. The van der Waals surface area contributed by atoms with Crippen LogP contribution in [0.1, 0.15) is 37.4 Å². The largest absolute Gasteiger partial charge is 0.495 e. The number of para-hydroxylation sites is 2. The number of benzene rings is 3. The average Bonchev–Trinajstić information content (AvgIpc) is 3.41. The summed E-state index contributed by atoms with van der Waals surface area (Å²) in [5.41, 5.74) is 3.57. The van der Waals surface area contributed by atoms with Crippen molar-refractivity contribution in [3.05, 3.63) is 93.6 Å². The Balaban J connectivity index is 1.51. The fourth-order valence-corrected chi connectivity index (χ4v) is 5.59. The van der Waals surface area contributed by atoms with Crippen molar-refractivity contribution in [1.29, 1.82) is 0 Å². The summed E-state index contributed by atoms with van der Waals surface area (Å²) in [6.07, 6.45) is 0.994. The summed E-state index contributed by atoms with van der Waals surface area (Å²) >= 11 is 5.04. The number of aromatic nitrogens is 3. The van der Waals surface area contributed by atoms with Gasteiger partial charge in [0.05, 0.1) is 25.5 Å². The number of halogens is 1. The molecule has 1 aromatic heterocycles. The predicted octanol–water partition coefficient (Wildman–Crippen LogP) is 7.07. The first-order chi connectivity index (χ1) is 20.4. The minimum Gasteiger partial charge on any atom is -0.495 e. The molecule has 0 saturated heterocycles. The highest BCUT2D eigenvalue weighted by molar-refractivity contribution is 9.10. The molecule has 4 aromatic rings. The number of allylic oxidation sites excluding steroid dienone is 1. The van der Waals surface area contributed by atoms with Crippen LogP contribution >= 0.6 is 27.7 Å². The minimum atomic E-state index is -0.575. The van der Waals surface area contributed by atoms with Crippen molar-refractivity contribution in [3.8, 4) is 17.2 Å². The minimum absolute atomic E-state index is 0.284. The molecule has 9 nitrogen and oxygen atoms in total.